The van der Waals surface area contributed by atoms with Gasteiger partial charge >= 0.3 is 5.97 Å². The molecule has 0 spiro atoms. The van der Waals surface area contributed by atoms with Gasteiger partial charge in [-0.3, -0.25) is 9.59 Å². The van der Waals surface area contributed by atoms with Gasteiger partial charge < -0.3 is 9.47 Å². The maximum Gasteiger partial charge on any atom is 0.313 e. The van der Waals surface area contributed by atoms with Gasteiger partial charge in [-0.1, -0.05) is 0 Å². The summed E-state index contributed by atoms with van der Waals surface area (Å²) in [5.41, 5.74) is 0.485. The zero-order valence-electron chi connectivity index (χ0n) is 10.9. The summed E-state index contributed by atoms with van der Waals surface area (Å²) in [5.74, 6) is -0.0357. The van der Waals surface area contributed by atoms with Crippen molar-refractivity contribution in [2.24, 2.45) is 0 Å². The molecular weight excluding hydrogens is 232 g/mol. The Morgan fingerprint density at radius 3 is 2.28 bits per heavy atom. The molecule has 98 valence electrons. The lowest BCUT2D eigenvalue weighted by Crippen LogP contribution is -2.15. The van der Waals surface area contributed by atoms with Crippen molar-refractivity contribution in [3.05, 3.63) is 29.8 Å². The first-order chi connectivity index (χ1) is 8.52. The van der Waals surface area contributed by atoms with Crippen LogP contribution in [0.4, 0.5) is 0 Å². The smallest absolute Gasteiger partial charge is 0.313 e. The maximum atomic E-state index is 11.8. The fraction of sp³-hybridized carbons (Fsp3) is 0.429. The fourth-order valence-corrected chi connectivity index (χ4v) is 1.44. The molecule has 4 heteroatoms. The molecule has 0 bridgehead atoms. The lowest BCUT2D eigenvalue weighted by atomic mass is 10.1. The summed E-state index contributed by atoms with van der Waals surface area (Å²) >= 11 is 0. The highest BCUT2D eigenvalue weighted by molar-refractivity contribution is 6.05. The molecule has 0 N–H and O–H groups in total. The van der Waals surface area contributed by atoms with Gasteiger partial charge in [0.2, 0.25) is 0 Å². The predicted octanol–water partition coefficient (Wildman–Crippen LogP) is 2.61. The number of Topliss-reactive ketones (excluding diaryl/α,β-unsaturated/α-hetero) is 1. The zero-order chi connectivity index (χ0) is 13.5. The van der Waals surface area contributed by atoms with Gasteiger partial charge in [-0.15, -0.1) is 0 Å². The van der Waals surface area contributed by atoms with E-state index in [4.69, 9.17) is 9.47 Å². The third-order valence-electron chi connectivity index (χ3n) is 2.16. The van der Waals surface area contributed by atoms with Crippen molar-refractivity contribution < 1.29 is 19.1 Å². The van der Waals surface area contributed by atoms with Crippen LogP contribution in [0.2, 0.25) is 0 Å². The van der Waals surface area contributed by atoms with Gasteiger partial charge in [-0.25, -0.2) is 0 Å². The Labute approximate surface area is 107 Å². The second-order valence-electron chi connectivity index (χ2n) is 4.10. The zero-order valence-corrected chi connectivity index (χ0v) is 10.9. The van der Waals surface area contributed by atoms with Crippen LogP contribution in [0.25, 0.3) is 0 Å². The predicted molar refractivity (Wildman–Crippen MR) is 67.8 cm³/mol. The normalized spacial score (nSPS) is 10.2. The van der Waals surface area contributed by atoms with Gasteiger partial charge in [0.05, 0.1) is 12.7 Å². The van der Waals surface area contributed by atoms with Crippen LogP contribution >= 0.6 is 0 Å². The van der Waals surface area contributed by atoms with Crippen LogP contribution < -0.4 is 4.74 Å². The molecule has 0 unspecified atom stereocenters. The van der Waals surface area contributed by atoms with E-state index in [0.717, 1.165) is 0 Å². The average molecular weight is 250 g/mol. The molecular formula is C14H18O4. The number of carbonyl (C=O) groups is 2. The standard InChI is InChI=1S/C14H18O4/c1-4-17-12-7-5-11(6-8-12)13(15)9-14(16)18-10(2)3/h5-8,10H,4,9H2,1-3H3. The highest BCUT2D eigenvalue weighted by atomic mass is 16.5. The minimum absolute atomic E-state index is 0.203. The lowest BCUT2D eigenvalue weighted by molar-refractivity contribution is -0.146. The Morgan fingerprint density at radius 1 is 1.17 bits per heavy atom. The SMILES string of the molecule is CCOc1ccc(C(=O)CC(=O)OC(C)C)cc1. The minimum Gasteiger partial charge on any atom is -0.494 e. The average Bonchev–Trinajstić information content (AvgIpc) is 2.29. The van der Waals surface area contributed by atoms with Crippen molar-refractivity contribution in [2.75, 3.05) is 6.61 Å². The Kier molecular flexibility index (Phi) is 5.36. The Hall–Kier alpha value is -1.84. The van der Waals surface area contributed by atoms with Gasteiger partial charge in [0.15, 0.2) is 5.78 Å². The second-order valence-corrected chi connectivity index (χ2v) is 4.10. The van der Waals surface area contributed by atoms with Crippen molar-refractivity contribution in [2.45, 2.75) is 33.3 Å². The number of benzene rings is 1. The van der Waals surface area contributed by atoms with E-state index in [1.54, 1.807) is 38.1 Å². The number of rotatable bonds is 6. The molecule has 0 saturated heterocycles. The van der Waals surface area contributed by atoms with Crippen LogP contribution in [-0.2, 0) is 9.53 Å². The fourth-order valence-electron chi connectivity index (χ4n) is 1.44. The molecule has 0 heterocycles. The first-order valence-electron chi connectivity index (χ1n) is 5.98. The van der Waals surface area contributed by atoms with Crippen molar-refractivity contribution in [1.82, 2.24) is 0 Å². The van der Waals surface area contributed by atoms with Crippen molar-refractivity contribution in [3.8, 4) is 5.75 Å². The molecule has 0 amide bonds. The molecule has 1 aromatic carbocycles. The second kappa shape index (κ2) is 6.79. The molecule has 0 fully saturated rings. The van der Waals surface area contributed by atoms with E-state index in [0.29, 0.717) is 17.9 Å². The summed E-state index contributed by atoms with van der Waals surface area (Å²) < 4.78 is 10.2. The molecule has 0 atom stereocenters. The third kappa shape index (κ3) is 4.57. The lowest BCUT2D eigenvalue weighted by Gasteiger charge is -2.07. The molecule has 0 radical (unpaired) electrons. The van der Waals surface area contributed by atoms with E-state index in [-0.39, 0.29) is 18.3 Å². The molecule has 4 nitrogen and oxygen atoms in total. The number of carbonyl (C=O) groups excluding carboxylic acids is 2. The third-order valence-corrected chi connectivity index (χ3v) is 2.16. The topological polar surface area (TPSA) is 52.6 Å². The number of ketones is 1. The van der Waals surface area contributed by atoms with Gasteiger partial charge in [0, 0.05) is 5.56 Å². The minimum atomic E-state index is -0.496. The van der Waals surface area contributed by atoms with E-state index in [2.05, 4.69) is 0 Å². The molecule has 0 aromatic heterocycles. The number of ether oxygens (including phenoxy) is 2. The number of esters is 1. The molecule has 1 rings (SSSR count). The van der Waals surface area contributed by atoms with E-state index in [1.807, 2.05) is 6.92 Å². The van der Waals surface area contributed by atoms with Crippen LogP contribution in [0, 0.1) is 0 Å². The van der Waals surface area contributed by atoms with Gasteiger partial charge in [-0.2, -0.15) is 0 Å². The van der Waals surface area contributed by atoms with E-state index in [1.165, 1.54) is 0 Å². The Bertz CT molecular complexity index is 406. The van der Waals surface area contributed by atoms with E-state index in [9.17, 15) is 9.59 Å². The van der Waals surface area contributed by atoms with Crippen molar-refractivity contribution in [3.63, 3.8) is 0 Å². The summed E-state index contributed by atoms with van der Waals surface area (Å²) in [6, 6.07) is 6.72. The summed E-state index contributed by atoms with van der Waals surface area (Å²) in [4.78, 5) is 23.1. The summed E-state index contributed by atoms with van der Waals surface area (Å²) in [7, 11) is 0. The number of hydrogen-bond acceptors (Lipinski definition) is 4. The van der Waals surface area contributed by atoms with Crippen molar-refractivity contribution >= 4 is 11.8 Å². The van der Waals surface area contributed by atoms with Gasteiger partial charge in [0.1, 0.15) is 12.2 Å². The molecule has 0 saturated carbocycles. The summed E-state index contributed by atoms with van der Waals surface area (Å²) in [6.07, 6.45) is -0.433. The summed E-state index contributed by atoms with van der Waals surface area (Å²) in [5, 5.41) is 0. The van der Waals surface area contributed by atoms with Crippen LogP contribution in [0.3, 0.4) is 0 Å². The van der Waals surface area contributed by atoms with E-state index >= 15 is 0 Å². The highest BCUT2D eigenvalue weighted by Crippen LogP contribution is 2.13. The maximum absolute atomic E-state index is 11.8. The molecule has 1 aromatic rings. The largest absolute Gasteiger partial charge is 0.494 e. The molecule has 0 aliphatic carbocycles. The monoisotopic (exact) mass is 250 g/mol. The van der Waals surface area contributed by atoms with Crippen LogP contribution in [0.1, 0.15) is 37.6 Å². The quantitative estimate of drug-likeness (QED) is 0.442. The van der Waals surface area contributed by atoms with Crippen molar-refractivity contribution in [1.29, 1.82) is 0 Å². The van der Waals surface area contributed by atoms with Crippen LogP contribution in [-0.4, -0.2) is 24.5 Å². The first-order valence-corrected chi connectivity index (χ1v) is 5.98. The summed E-state index contributed by atoms with van der Waals surface area (Å²) in [6.45, 7) is 5.97. The molecule has 0 aliphatic heterocycles. The van der Waals surface area contributed by atoms with Crippen LogP contribution in [0.15, 0.2) is 24.3 Å². The Balaban J connectivity index is 2.58. The molecule has 0 aliphatic rings. The number of hydrogen-bond donors (Lipinski definition) is 0. The van der Waals surface area contributed by atoms with Gasteiger partial charge in [0.25, 0.3) is 0 Å². The molecule has 18 heavy (non-hydrogen) atoms. The van der Waals surface area contributed by atoms with Crippen LogP contribution in [0.5, 0.6) is 5.75 Å². The first kappa shape index (κ1) is 14.2. The van der Waals surface area contributed by atoms with E-state index < -0.39 is 5.97 Å². The van der Waals surface area contributed by atoms with Gasteiger partial charge in [-0.05, 0) is 45.0 Å². The highest BCUT2D eigenvalue weighted by Gasteiger charge is 2.14. The Morgan fingerprint density at radius 2 is 1.78 bits per heavy atom.